The zero-order chi connectivity index (χ0) is 18.8. The summed E-state index contributed by atoms with van der Waals surface area (Å²) in [7, 11) is 0. The number of hydrogen-bond donors (Lipinski definition) is 3. The smallest absolute Gasteiger partial charge is 0.269 e. The van der Waals surface area contributed by atoms with E-state index in [0.717, 1.165) is 4.90 Å². The van der Waals surface area contributed by atoms with Crippen LogP contribution in [-0.4, -0.2) is 28.9 Å². The molecule has 0 radical (unpaired) electrons. The predicted octanol–water partition coefficient (Wildman–Crippen LogP) is 2.37. The van der Waals surface area contributed by atoms with Gasteiger partial charge in [0, 0.05) is 9.50 Å². The van der Waals surface area contributed by atoms with Crippen molar-refractivity contribution in [2.24, 2.45) is 0 Å². The average molecular weight is 439 g/mol. The van der Waals surface area contributed by atoms with E-state index in [1.165, 1.54) is 12.1 Å². The number of nitrogens with one attached hydrogen (secondary N) is 2. The van der Waals surface area contributed by atoms with Crippen LogP contribution < -0.4 is 15.8 Å². The van der Waals surface area contributed by atoms with Gasteiger partial charge in [-0.15, -0.1) is 0 Å². The first kappa shape index (κ1) is 18.4. The number of benzene rings is 2. The molecule has 0 aromatic heterocycles. The summed E-state index contributed by atoms with van der Waals surface area (Å²) in [6.45, 7) is 0. The summed E-state index contributed by atoms with van der Waals surface area (Å²) in [6, 6.07) is 9.78. The van der Waals surface area contributed by atoms with E-state index in [9.17, 15) is 19.5 Å². The summed E-state index contributed by atoms with van der Waals surface area (Å²) in [5, 5.41) is 10.2. The number of phenolic OH excluding ortho intramolecular Hbond substituents is 1. The van der Waals surface area contributed by atoms with Crippen LogP contribution in [0.5, 0.6) is 5.75 Å². The number of halogens is 2. The van der Waals surface area contributed by atoms with E-state index in [4.69, 9.17) is 11.6 Å². The molecule has 26 heavy (non-hydrogen) atoms. The largest absolute Gasteiger partial charge is 0.507 e. The maximum atomic E-state index is 12.5. The lowest BCUT2D eigenvalue weighted by Gasteiger charge is -2.16. The van der Waals surface area contributed by atoms with Gasteiger partial charge in [0.05, 0.1) is 17.7 Å². The quantitative estimate of drug-likeness (QED) is 0.503. The van der Waals surface area contributed by atoms with Gasteiger partial charge < -0.3 is 5.11 Å². The molecule has 3 N–H and O–H groups in total. The molecule has 0 bridgehead atoms. The summed E-state index contributed by atoms with van der Waals surface area (Å²) in [5.41, 5.74) is 5.34. The molecule has 2 aromatic rings. The van der Waals surface area contributed by atoms with Gasteiger partial charge in [-0.25, -0.2) is 10.3 Å². The van der Waals surface area contributed by atoms with E-state index >= 15 is 0 Å². The monoisotopic (exact) mass is 437 g/mol. The molecule has 134 valence electrons. The van der Waals surface area contributed by atoms with Gasteiger partial charge in [-0.2, -0.15) is 0 Å². The molecule has 1 fully saturated rings. The third kappa shape index (κ3) is 3.72. The van der Waals surface area contributed by atoms with Gasteiger partial charge in [0.1, 0.15) is 11.8 Å². The number of anilines is 1. The lowest BCUT2D eigenvalue weighted by molar-refractivity contribution is -0.121. The number of hydrogen-bond acceptors (Lipinski definition) is 5. The Balaban J connectivity index is 1.68. The Morgan fingerprint density at radius 3 is 2.58 bits per heavy atom. The van der Waals surface area contributed by atoms with Crippen LogP contribution in [-0.2, 0) is 9.59 Å². The Kier molecular flexibility index (Phi) is 5.26. The SMILES string of the molecule is O=C(NN[C@H]1CC(=O)N(c2ccc(Cl)cc2)C1=O)c1cc(Br)ccc1O. The summed E-state index contributed by atoms with van der Waals surface area (Å²) in [5.74, 6) is -1.72. The molecule has 3 amide bonds. The second kappa shape index (κ2) is 7.45. The summed E-state index contributed by atoms with van der Waals surface area (Å²) in [4.78, 5) is 37.9. The van der Waals surface area contributed by atoms with Gasteiger partial charge >= 0.3 is 0 Å². The number of rotatable bonds is 4. The number of hydrazine groups is 1. The topological polar surface area (TPSA) is 98.7 Å². The highest BCUT2D eigenvalue weighted by Crippen LogP contribution is 2.25. The van der Waals surface area contributed by atoms with Crippen LogP contribution >= 0.6 is 27.5 Å². The third-order valence-electron chi connectivity index (χ3n) is 3.79. The summed E-state index contributed by atoms with van der Waals surface area (Å²) < 4.78 is 0.612. The fourth-order valence-corrected chi connectivity index (χ4v) is 3.00. The molecular formula is C17H13BrClN3O4. The first-order chi connectivity index (χ1) is 12.4. The number of phenols is 1. The highest BCUT2D eigenvalue weighted by atomic mass is 79.9. The molecule has 0 spiro atoms. The van der Waals surface area contributed by atoms with Crippen LogP contribution in [0.1, 0.15) is 16.8 Å². The molecular weight excluding hydrogens is 426 g/mol. The molecule has 0 saturated carbocycles. The molecule has 9 heteroatoms. The Morgan fingerprint density at radius 1 is 1.19 bits per heavy atom. The number of amides is 3. The van der Waals surface area contributed by atoms with Gasteiger partial charge in [-0.3, -0.25) is 19.8 Å². The number of nitrogens with zero attached hydrogens (tertiary/aromatic N) is 1. The molecule has 1 aliphatic rings. The maximum Gasteiger partial charge on any atom is 0.269 e. The van der Waals surface area contributed by atoms with Crippen molar-refractivity contribution >= 4 is 50.9 Å². The van der Waals surface area contributed by atoms with E-state index in [1.54, 1.807) is 30.3 Å². The van der Waals surface area contributed by atoms with Crippen LogP contribution in [0.4, 0.5) is 5.69 Å². The fraction of sp³-hybridized carbons (Fsp3) is 0.118. The summed E-state index contributed by atoms with van der Waals surface area (Å²) in [6.07, 6.45) is -0.105. The zero-order valence-corrected chi connectivity index (χ0v) is 15.5. The number of carbonyl (C=O) groups excluding carboxylic acids is 3. The van der Waals surface area contributed by atoms with Crippen molar-refractivity contribution in [2.75, 3.05) is 4.90 Å². The highest BCUT2D eigenvalue weighted by Gasteiger charge is 2.39. The third-order valence-corrected chi connectivity index (χ3v) is 4.54. The van der Waals surface area contributed by atoms with E-state index in [2.05, 4.69) is 26.8 Å². The average Bonchev–Trinajstić information content (AvgIpc) is 2.89. The van der Waals surface area contributed by atoms with Crippen molar-refractivity contribution in [2.45, 2.75) is 12.5 Å². The zero-order valence-electron chi connectivity index (χ0n) is 13.2. The minimum atomic E-state index is -0.906. The predicted molar refractivity (Wildman–Crippen MR) is 98.8 cm³/mol. The Morgan fingerprint density at radius 2 is 1.88 bits per heavy atom. The van der Waals surface area contributed by atoms with Crippen LogP contribution in [0.2, 0.25) is 5.02 Å². The minimum Gasteiger partial charge on any atom is -0.507 e. The van der Waals surface area contributed by atoms with Crippen molar-refractivity contribution < 1.29 is 19.5 Å². The van der Waals surface area contributed by atoms with Gasteiger partial charge in [0.15, 0.2) is 0 Å². The Labute approximate surface area is 162 Å². The normalized spacial score (nSPS) is 16.8. The van der Waals surface area contributed by atoms with Crippen LogP contribution in [0, 0.1) is 0 Å². The maximum absolute atomic E-state index is 12.5. The van der Waals surface area contributed by atoms with Crippen molar-refractivity contribution in [3.8, 4) is 5.75 Å². The summed E-state index contributed by atoms with van der Waals surface area (Å²) >= 11 is 9.03. The lowest BCUT2D eigenvalue weighted by Crippen LogP contribution is -2.48. The van der Waals surface area contributed by atoms with Crippen molar-refractivity contribution in [3.63, 3.8) is 0 Å². The van der Waals surface area contributed by atoms with Crippen molar-refractivity contribution in [1.29, 1.82) is 0 Å². The van der Waals surface area contributed by atoms with Crippen LogP contribution in [0.3, 0.4) is 0 Å². The second-order valence-corrected chi connectivity index (χ2v) is 6.91. The molecule has 7 nitrogen and oxygen atoms in total. The first-order valence-electron chi connectivity index (χ1n) is 7.53. The molecule has 2 aromatic carbocycles. The lowest BCUT2D eigenvalue weighted by atomic mass is 10.2. The van der Waals surface area contributed by atoms with E-state index < -0.39 is 23.8 Å². The van der Waals surface area contributed by atoms with Crippen molar-refractivity contribution in [1.82, 2.24) is 10.9 Å². The second-order valence-electron chi connectivity index (χ2n) is 5.56. The van der Waals surface area contributed by atoms with Crippen LogP contribution in [0.25, 0.3) is 0 Å². The molecule has 1 heterocycles. The molecule has 1 aliphatic heterocycles. The molecule has 0 aliphatic carbocycles. The Bertz CT molecular complexity index is 888. The number of carbonyl (C=O) groups is 3. The van der Waals surface area contributed by atoms with E-state index in [1.807, 2.05) is 0 Å². The molecule has 1 saturated heterocycles. The van der Waals surface area contributed by atoms with Gasteiger partial charge in [-0.1, -0.05) is 27.5 Å². The first-order valence-corrected chi connectivity index (χ1v) is 8.70. The highest BCUT2D eigenvalue weighted by molar-refractivity contribution is 9.10. The van der Waals surface area contributed by atoms with Gasteiger partial charge in [0.25, 0.3) is 11.8 Å². The Hall–Kier alpha value is -2.42. The number of aromatic hydroxyl groups is 1. The molecule has 3 rings (SSSR count). The van der Waals surface area contributed by atoms with E-state index in [0.29, 0.717) is 15.2 Å². The van der Waals surface area contributed by atoms with Gasteiger partial charge in [-0.05, 0) is 42.5 Å². The fourth-order valence-electron chi connectivity index (χ4n) is 2.52. The van der Waals surface area contributed by atoms with Crippen LogP contribution in [0.15, 0.2) is 46.9 Å². The minimum absolute atomic E-state index is 0.0261. The van der Waals surface area contributed by atoms with Crippen molar-refractivity contribution in [3.05, 3.63) is 57.5 Å². The number of imide groups is 1. The molecule has 0 unspecified atom stereocenters. The van der Waals surface area contributed by atoms with E-state index in [-0.39, 0.29) is 17.7 Å². The standard InChI is InChI=1S/C17H13BrClN3O4/c18-9-1-6-14(23)12(7-9)16(25)21-20-13-8-15(24)22(17(13)26)11-4-2-10(19)3-5-11/h1-7,13,20,23H,8H2,(H,21,25)/t13-/m0/s1. The van der Waals surface area contributed by atoms with Gasteiger partial charge in [0.2, 0.25) is 5.91 Å². The molecule has 1 atom stereocenters.